The lowest BCUT2D eigenvalue weighted by Crippen LogP contribution is -2.41. The summed E-state index contributed by atoms with van der Waals surface area (Å²) in [6, 6.07) is 0.0971. The first-order chi connectivity index (χ1) is 5.99. The third-order valence-electron chi connectivity index (χ3n) is 2.10. The first kappa shape index (κ1) is 12.4. The molecule has 0 fully saturated rings. The number of aliphatic hydroxyl groups excluding tert-OH is 1. The highest BCUT2D eigenvalue weighted by Gasteiger charge is 2.16. The molecule has 0 radical (unpaired) electrons. The Bertz CT molecular complexity index is 155. The molecule has 0 aliphatic rings. The van der Waals surface area contributed by atoms with Gasteiger partial charge < -0.3 is 10.4 Å². The molecule has 0 bridgehead atoms. The molecule has 78 valence electrons. The van der Waals surface area contributed by atoms with E-state index in [2.05, 4.69) is 5.32 Å². The summed E-state index contributed by atoms with van der Waals surface area (Å²) >= 11 is 0. The molecule has 0 aliphatic heterocycles. The van der Waals surface area contributed by atoms with Crippen LogP contribution in [0.5, 0.6) is 0 Å². The zero-order valence-electron chi connectivity index (χ0n) is 9.00. The van der Waals surface area contributed by atoms with Crippen LogP contribution < -0.4 is 5.32 Å². The lowest BCUT2D eigenvalue weighted by Gasteiger charge is -2.22. The SMILES string of the molecule is CC(C)C(=O)NC(CCO)C(C)C. The largest absolute Gasteiger partial charge is 0.396 e. The summed E-state index contributed by atoms with van der Waals surface area (Å²) in [6.45, 7) is 7.94. The van der Waals surface area contributed by atoms with Crippen LogP contribution in [-0.2, 0) is 4.79 Å². The normalized spacial score (nSPS) is 13.5. The van der Waals surface area contributed by atoms with Gasteiger partial charge in [0.1, 0.15) is 0 Å². The van der Waals surface area contributed by atoms with Crippen molar-refractivity contribution < 1.29 is 9.90 Å². The number of amides is 1. The molecule has 3 heteroatoms. The summed E-state index contributed by atoms with van der Waals surface area (Å²) in [5.41, 5.74) is 0. The van der Waals surface area contributed by atoms with Crippen molar-refractivity contribution in [3.63, 3.8) is 0 Å². The van der Waals surface area contributed by atoms with Crippen molar-refractivity contribution in [2.45, 2.75) is 40.2 Å². The van der Waals surface area contributed by atoms with Gasteiger partial charge in [-0.15, -0.1) is 0 Å². The van der Waals surface area contributed by atoms with Crippen LogP contribution in [0.25, 0.3) is 0 Å². The van der Waals surface area contributed by atoms with Gasteiger partial charge in [-0.1, -0.05) is 27.7 Å². The Morgan fingerprint density at radius 3 is 2.15 bits per heavy atom. The second-order valence-electron chi connectivity index (χ2n) is 4.03. The molecule has 1 atom stereocenters. The minimum absolute atomic E-state index is 0.0138. The Morgan fingerprint density at radius 1 is 1.31 bits per heavy atom. The Labute approximate surface area is 80.5 Å². The van der Waals surface area contributed by atoms with Gasteiger partial charge >= 0.3 is 0 Å². The van der Waals surface area contributed by atoms with Crippen LogP contribution in [-0.4, -0.2) is 23.7 Å². The molecular weight excluding hydrogens is 166 g/mol. The molecule has 0 heterocycles. The first-order valence-electron chi connectivity index (χ1n) is 4.90. The van der Waals surface area contributed by atoms with Crippen LogP contribution in [0, 0.1) is 11.8 Å². The van der Waals surface area contributed by atoms with Gasteiger partial charge in [-0.3, -0.25) is 4.79 Å². The van der Waals surface area contributed by atoms with E-state index in [0.29, 0.717) is 12.3 Å². The standard InChI is InChI=1S/C10H21NO2/c1-7(2)9(5-6-12)11-10(13)8(3)4/h7-9,12H,5-6H2,1-4H3,(H,11,13). The van der Waals surface area contributed by atoms with Gasteiger partial charge in [0.15, 0.2) is 0 Å². The van der Waals surface area contributed by atoms with Crippen LogP contribution in [0.2, 0.25) is 0 Å². The van der Waals surface area contributed by atoms with E-state index >= 15 is 0 Å². The van der Waals surface area contributed by atoms with Gasteiger partial charge in [-0.25, -0.2) is 0 Å². The van der Waals surface area contributed by atoms with Crippen LogP contribution in [0.4, 0.5) is 0 Å². The van der Waals surface area contributed by atoms with Gasteiger partial charge in [0, 0.05) is 18.6 Å². The molecule has 13 heavy (non-hydrogen) atoms. The molecule has 0 aliphatic carbocycles. The second-order valence-corrected chi connectivity index (χ2v) is 4.03. The molecule has 0 aromatic carbocycles. The van der Waals surface area contributed by atoms with Crippen molar-refractivity contribution >= 4 is 5.91 Å². The molecular formula is C10H21NO2. The lowest BCUT2D eigenvalue weighted by molar-refractivity contribution is -0.125. The van der Waals surface area contributed by atoms with Crippen molar-refractivity contribution in [1.82, 2.24) is 5.32 Å². The zero-order valence-corrected chi connectivity index (χ0v) is 9.00. The minimum Gasteiger partial charge on any atom is -0.396 e. The predicted molar refractivity (Wildman–Crippen MR) is 53.3 cm³/mol. The van der Waals surface area contributed by atoms with Crippen molar-refractivity contribution in [3.8, 4) is 0 Å². The highest BCUT2D eigenvalue weighted by atomic mass is 16.3. The summed E-state index contributed by atoms with van der Waals surface area (Å²) in [7, 11) is 0. The number of aliphatic hydroxyl groups is 1. The van der Waals surface area contributed by atoms with E-state index in [4.69, 9.17) is 5.11 Å². The Morgan fingerprint density at radius 2 is 1.85 bits per heavy atom. The van der Waals surface area contributed by atoms with Crippen molar-refractivity contribution in [2.75, 3.05) is 6.61 Å². The van der Waals surface area contributed by atoms with E-state index < -0.39 is 0 Å². The average molecular weight is 187 g/mol. The number of rotatable bonds is 5. The molecule has 0 saturated heterocycles. The summed E-state index contributed by atoms with van der Waals surface area (Å²) in [5.74, 6) is 0.446. The van der Waals surface area contributed by atoms with Crippen molar-refractivity contribution in [2.24, 2.45) is 11.8 Å². The Kier molecular flexibility index (Phi) is 5.71. The molecule has 0 aromatic rings. The fraction of sp³-hybridized carbons (Fsp3) is 0.900. The fourth-order valence-electron chi connectivity index (χ4n) is 1.06. The van der Waals surface area contributed by atoms with E-state index in [1.807, 2.05) is 27.7 Å². The number of carbonyl (C=O) groups is 1. The topological polar surface area (TPSA) is 49.3 Å². The highest BCUT2D eigenvalue weighted by molar-refractivity contribution is 5.78. The zero-order chi connectivity index (χ0) is 10.4. The van der Waals surface area contributed by atoms with Gasteiger partial charge in [-0.2, -0.15) is 0 Å². The van der Waals surface area contributed by atoms with Gasteiger partial charge in [-0.05, 0) is 12.3 Å². The minimum atomic E-state index is 0.0138. The van der Waals surface area contributed by atoms with Crippen LogP contribution in [0.3, 0.4) is 0 Å². The van der Waals surface area contributed by atoms with E-state index in [9.17, 15) is 4.79 Å². The second kappa shape index (κ2) is 5.97. The smallest absolute Gasteiger partial charge is 0.222 e. The molecule has 0 rings (SSSR count). The predicted octanol–water partition coefficient (Wildman–Crippen LogP) is 1.17. The van der Waals surface area contributed by atoms with Crippen molar-refractivity contribution in [1.29, 1.82) is 0 Å². The molecule has 2 N–H and O–H groups in total. The number of hydrogen-bond acceptors (Lipinski definition) is 2. The Hall–Kier alpha value is -0.570. The van der Waals surface area contributed by atoms with E-state index in [0.717, 1.165) is 0 Å². The molecule has 0 saturated carbocycles. The Balaban J connectivity index is 4.02. The highest BCUT2D eigenvalue weighted by Crippen LogP contribution is 2.06. The van der Waals surface area contributed by atoms with Gasteiger partial charge in [0.05, 0.1) is 0 Å². The van der Waals surface area contributed by atoms with Gasteiger partial charge in [0.2, 0.25) is 5.91 Å². The van der Waals surface area contributed by atoms with Crippen LogP contribution >= 0.6 is 0 Å². The van der Waals surface area contributed by atoms with E-state index in [1.165, 1.54) is 0 Å². The lowest BCUT2D eigenvalue weighted by atomic mass is 10.0. The molecule has 0 aromatic heterocycles. The number of hydrogen-bond donors (Lipinski definition) is 2. The average Bonchev–Trinajstić information content (AvgIpc) is 2.03. The monoisotopic (exact) mass is 187 g/mol. The molecule has 1 amide bonds. The van der Waals surface area contributed by atoms with E-state index in [-0.39, 0.29) is 24.5 Å². The molecule has 0 spiro atoms. The van der Waals surface area contributed by atoms with E-state index in [1.54, 1.807) is 0 Å². The maximum atomic E-state index is 11.3. The summed E-state index contributed by atoms with van der Waals surface area (Å²) in [4.78, 5) is 11.3. The number of carbonyl (C=O) groups excluding carboxylic acids is 1. The fourth-order valence-corrected chi connectivity index (χ4v) is 1.06. The first-order valence-corrected chi connectivity index (χ1v) is 4.90. The van der Waals surface area contributed by atoms with Crippen molar-refractivity contribution in [3.05, 3.63) is 0 Å². The third-order valence-corrected chi connectivity index (χ3v) is 2.10. The summed E-state index contributed by atoms with van der Waals surface area (Å²) in [5, 5.41) is 11.7. The maximum Gasteiger partial charge on any atom is 0.222 e. The van der Waals surface area contributed by atoms with Gasteiger partial charge in [0.25, 0.3) is 0 Å². The maximum absolute atomic E-state index is 11.3. The third kappa shape index (κ3) is 4.88. The quantitative estimate of drug-likeness (QED) is 0.678. The molecule has 3 nitrogen and oxygen atoms in total. The van der Waals surface area contributed by atoms with Crippen LogP contribution in [0.15, 0.2) is 0 Å². The molecule has 1 unspecified atom stereocenters. The van der Waals surface area contributed by atoms with Crippen LogP contribution in [0.1, 0.15) is 34.1 Å². The summed E-state index contributed by atoms with van der Waals surface area (Å²) < 4.78 is 0. The summed E-state index contributed by atoms with van der Waals surface area (Å²) in [6.07, 6.45) is 0.635. The number of nitrogens with one attached hydrogen (secondary N) is 1.